The number of fused-ring (bicyclic) bond motifs is 2. The first-order chi connectivity index (χ1) is 17.3. The monoisotopic (exact) mass is 471 g/mol. The van der Waals surface area contributed by atoms with Gasteiger partial charge in [0.2, 0.25) is 5.95 Å². The van der Waals surface area contributed by atoms with E-state index in [4.69, 9.17) is 19.4 Å². The zero-order valence-corrected chi connectivity index (χ0v) is 20.4. The second-order valence-electron chi connectivity index (χ2n) is 9.62. The molecule has 7 nitrogen and oxygen atoms in total. The first-order valence-corrected chi connectivity index (χ1v) is 12.7. The van der Waals surface area contributed by atoms with Crippen molar-refractivity contribution in [1.29, 1.82) is 0 Å². The number of nitrogens with zero attached hydrogens (tertiary/aromatic N) is 5. The Labute approximate surface area is 207 Å². The molecule has 0 amide bonds. The van der Waals surface area contributed by atoms with Crippen LogP contribution in [0.2, 0.25) is 0 Å². The van der Waals surface area contributed by atoms with E-state index in [1.807, 2.05) is 6.07 Å². The third-order valence-electron chi connectivity index (χ3n) is 7.37. The molecule has 0 bridgehead atoms. The van der Waals surface area contributed by atoms with Gasteiger partial charge < -0.3 is 19.3 Å². The lowest BCUT2D eigenvalue weighted by atomic mass is 10.00. The molecular formula is C28H33N5O2. The van der Waals surface area contributed by atoms with Gasteiger partial charge >= 0.3 is 0 Å². The van der Waals surface area contributed by atoms with Gasteiger partial charge in [-0.2, -0.15) is 4.98 Å². The molecule has 0 atom stereocenters. The number of morpholine rings is 1. The maximum Gasteiger partial charge on any atom is 0.227 e. The average molecular weight is 472 g/mol. The Morgan fingerprint density at radius 1 is 0.857 bits per heavy atom. The van der Waals surface area contributed by atoms with Crippen LogP contribution >= 0.6 is 0 Å². The van der Waals surface area contributed by atoms with E-state index in [-0.39, 0.29) is 0 Å². The highest BCUT2D eigenvalue weighted by Gasteiger charge is 2.28. The van der Waals surface area contributed by atoms with Crippen molar-refractivity contribution in [2.45, 2.75) is 32.5 Å². The molecule has 182 valence electrons. The molecule has 3 aliphatic heterocycles. The summed E-state index contributed by atoms with van der Waals surface area (Å²) in [6, 6.07) is 17.1. The molecular weight excluding hydrogens is 438 g/mol. The number of aromatic nitrogens is 2. The molecule has 3 aromatic rings. The van der Waals surface area contributed by atoms with Crippen LogP contribution < -0.4 is 14.5 Å². The number of benzene rings is 2. The molecule has 1 fully saturated rings. The van der Waals surface area contributed by atoms with Crippen LogP contribution in [-0.2, 0) is 37.2 Å². The van der Waals surface area contributed by atoms with Crippen molar-refractivity contribution in [3.63, 3.8) is 0 Å². The summed E-state index contributed by atoms with van der Waals surface area (Å²) < 4.78 is 11.1. The fourth-order valence-electron chi connectivity index (χ4n) is 5.45. The van der Waals surface area contributed by atoms with Gasteiger partial charge in [0, 0.05) is 57.8 Å². The molecule has 0 aliphatic carbocycles. The zero-order valence-electron chi connectivity index (χ0n) is 20.4. The summed E-state index contributed by atoms with van der Waals surface area (Å²) in [7, 11) is 1.72. The van der Waals surface area contributed by atoms with E-state index in [0.717, 1.165) is 89.4 Å². The van der Waals surface area contributed by atoms with Crippen LogP contribution in [0.4, 0.5) is 11.8 Å². The molecule has 1 saturated heterocycles. The fraction of sp³-hybridized carbons (Fsp3) is 0.429. The van der Waals surface area contributed by atoms with Gasteiger partial charge in [-0.1, -0.05) is 36.4 Å². The van der Waals surface area contributed by atoms with Crippen molar-refractivity contribution in [3.05, 3.63) is 76.5 Å². The van der Waals surface area contributed by atoms with Crippen molar-refractivity contribution in [1.82, 2.24) is 14.9 Å². The Bertz CT molecular complexity index is 1190. The van der Waals surface area contributed by atoms with E-state index in [1.165, 1.54) is 27.9 Å². The van der Waals surface area contributed by atoms with E-state index in [1.54, 1.807) is 7.11 Å². The van der Waals surface area contributed by atoms with Crippen molar-refractivity contribution < 1.29 is 9.47 Å². The minimum atomic E-state index is 0.749. The Morgan fingerprint density at radius 2 is 1.71 bits per heavy atom. The maximum atomic E-state index is 5.66. The van der Waals surface area contributed by atoms with Crippen LogP contribution in [0, 0.1) is 0 Å². The third kappa shape index (κ3) is 4.70. The number of hydrogen-bond acceptors (Lipinski definition) is 7. The van der Waals surface area contributed by atoms with Gasteiger partial charge in [-0.05, 0) is 35.2 Å². The molecule has 35 heavy (non-hydrogen) atoms. The molecule has 0 saturated carbocycles. The minimum absolute atomic E-state index is 0.749. The van der Waals surface area contributed by atoms with Gasteiger partial charge in [0.05, 0.1) is 26.0 Å². The molecule has 4 heterocycles. The number of ether oxygens (including phenoxy) is 2. The predicted molar refractivity (Wildman–Crippen MR) is 137 cm³/mol. The predicted octanol–water partition coefficient (Wildman–Crippen LogP) is 3.44. The SMILES string of the molecule is COc1cccc(CN2CCc3nc(N4CCc5ccccc5C4)nc(N4CCOCC4)c3C2)c1. The van der Waals surface area contributed by atoms with Gasteiger partial charge in [0.15, 0.2) is 0 Å². The van der Waals surface area contributed by atoms with E-state index in [0.29, 0.717) is 0 Å². The Balaban J connectivity index is 1.29. The maximum absolute atomic E-state index is 5.66. The second-order valence-corrected chi connectivity index (χ2v) is 9.62. The van der Waals surface area contributed by atoms with E-state index in [2.05, 4.69) is 57.2 Å². The first-order valence-electron chi connectivity index (χ1n) is 12.7. The molecule has 1 aromatic heterocycles. The molecule has 7 heteroatoms. The summed E-state index contributed by atoms with van der Waals surface area (Å²) in [4.78, 5) is 17.6. The van der Waals surface area contributed by atoms with Crippen molar-refractivity contribution in [3.8, 4) is 5.75 Å². The van der Waals surface area contributed by atoms with Crippen LogP contribution in [0.15, 0.2) is 48.5 Å². The number of methoxy groups -OCH3 is 1. The van der Waals surface area contributed by atoms with Gasteiger partial charge in [-0.15, -0.1) is 0 Å². The lowest BCUT2D eigenvalue weighted by molar-refractivity contribution is 0.122. The van der Waals surface area contributed by atoms with E-state index < -0.39 is 0 Å². The largest absolute Gasteiger partial charge is 0.497 e. The quantitative estimate of drug-likeness (QED) is 0.565. The molecule has 6 rings (SSSR count). The summed E-state index contributed by atoms with van der Waals surface area (Å²) in [5.74, 6) is 2.88. The van der Waals surface area contributed by atoms with Gasteiger partial charge in [0.1, 0.15) is 11.6 Å². The Kier molecular flexibility index (Phi) is 6.27. The van der Waals surface area contributed by atoms with E-state index >= 15 is 0 Å². The van der Waals surface area contributed by atoms with E-state index in [9.17, 15) is 0 Å². The molecule has 3 aliphatic rings. The highest BCUT2D eigenvalue weighted by Crippen LogP contribution is 2.32. The van der Waals surface area contributed by atoms with Crippen molar-refractivity contribution >= 4 is 11.8 Å². The molecule has 2 aromatic carbocycles. The van der Waals surface area contributed by atoms with Crippen LogP contribution in [0.3, 0.4) is 0 Å². The van der Waals surface area contributed by atoms with Crippen LogP contribution in [-0.4, -0.2) is 61.4 Å². The normalized spacial score (nSPS) is 18.2. The lowest BCUT2D eigenvalue weighted by Crippen LogP contribution is -2.40. The van der Waals surface area contributed by atoms with Crippen LogP contribution in [0.1, 0.15) is 27.9 Å². The van der Waals surface area contributed by atoms with Crippen LogP contribution in [0.5, 0.6) is 5.75 Å². The number of hydrogen-bond donors (Lipinski definition) is 0. The van der Waals surface area contributed by atoms with Gasteiger partial charge in [-0.25, -0.2) is 4.98 Å². The highest BCUT2D eigenvalue weighted by molar-refractivity contribution is 5.55. The highest BCUT2D eigenvalue weighted by atomic mass is 16.5. The summed E-state index contributed by atoms with van der Waals surface area (Å²) in [6.45, 7) is 7.83. The molecule has 0 radical (unpaired) electrons. The smallest absolute Gasteiger partial charge is 0.227 e. The Morgan fingerprint density at radius 3 is 2.57 bits per heavy atom. The summed E-state index contributed by atoms with van der Waals surface area (Å²) >= 11 is 0. The summed E-state index contributed by atoms with van der Waals surface area (Å²) in [6.07, 6.45) is 1.98. The summed E-state index contributed by atoms with van der Waals surface area (Å²) in [5, 5.41) is 0. The van der Waals surface area contributed by atoms with Gasteiger partial charge in [0.25, 0.3) is 0 Å². The third-order valence-corrected chi connectivity index (χ3v) is 7.37. The lowest BCUT2D eigenvalue weighted by Gasteiger charge is -2.36. The van der Waals surface area contributed by atoms with Crippen molar-refractivity contribution in [2.75, 3.05) is 56.3 Å². The summed E-state index contributed by atoms with van der Waals surface area (Å²) in [5.41, 5.74) is 6.59. The number of rotatable bonds is 5. The zero-order chi connectivity index (χ0) is 23.6. The molecule has 0 unspecified atom stereocenters. The van der Waals surface area contributed by atoms with Crippen molar-refractivity contribution in [2.24, 2.45) is 0 Å². The first kappa shape index (κ1) is 22.3. The topological polar surface area (TPSA) is 54.0 Å². The van der Waals surface area contributed by atoms with Gasteiger partial charge in [-0.3, -0.25) is 4.90 Å². The molecule has 0 N–H and O–H groups in total. The number of anilines is 2. The fourth-order valence-corrected chi connectivity index (χ4v) is 5.45. The molecule has 0 spiro atoms. The minimum Gasteiger partial charge on any atom is -0.497 e. The average Bonchev–Trinajstić information content (AvgIpc) is 2.93. The standard InChI is InChI=1S/C28H33N5O2/c1-34-24-8-4-5-21(17-24)18-31-11-10-26-25(20-31)27(32-13-15-35-16-14-32)30-28(29-26)33-12-9-22-6-2-3-7-23(22)19-33/h2-8,17H,9-16,18-20H2,1H3. The van der Waals surface area contributed by atoms with Crippen LogP contribution in [0.25, 0.3) is 0 Å². The second kappa shape index (κ2) is 9.84. The Hall–Kier alpha value is -3.16.